The highest BCUT2D eigenvalue weighted by molar-refractivity contribution is 8.00. The molecule has 1 fully saturated rings. The van der Waals surface area contributed by atoms with E-state index in [1.54, 1.807) is 6.26 Å². The predicted octanol–water partition coefficient (Wildman–Crippen LogP) is 4.72. The Morgan fingerprint density at radius 3 is 2.44 bits per heavy atom. The number of benzene rings is 2. The monoisotopic (exact) mass is 444 g/mol. The molecule has 2 aromatic heterocycles. The lowest BCUT2D eigenvalue weighted by atomic mass is 10.2. The number of carbonyl (C=O) groups excluding carboxylic acids is 1. The number of amides is 1. The fraction of sp³-hybridized carbons (Fsp3) is 0.240. The molecule has 1 saturated heterocycles. The summed E-state index contributed by atoms with van der Waals surface area (Å²) >= 11 is 1.49. The van der Waals surface area contributed by atoms with Crippen LogP contribution in [0, 0.1) is 0 Å². The third kappa shape index (κ3) is 4.21. The molecule has 2 aromatic carbocycles. The number of aromatic nitrogens is 2. The van der Waals surface area contributed by atoms with E-state index >= 15 is 0 Å². The van der Waals surface area contributed by atoms with Crippen LogP contribution in [-0.4, -0.2) is 52.2 Å². The molecule has 0 N–H and O–H groups in total. The molecule has 1 atom stereocenters. The lowest BCUT2D eigenvalue weighted by molar-refractivity contribution is -0.130. The van der Waals surface area contributed by atoms with Gasteiger partial charge >= 0.3 is 0 Å². The van der Waals surface area contributed by atoms with Gasteiger partial charge in [0.15, 0.2) is 11.6 Å². The molecule has 1 aliphatic rings. The van der Waals surface area contributed by atoms with Crippen molar-refractivity contribution in [2.75, 3.05) is 31.1 Å². The van der Waals surface area contributed by atoms with Crippen molar-refractivity contribution in [3.05, 3.63) is 73.0 Å². The summed E-state index contributed by atoms with van der Waals surface area (Å²) in [6.45, 7) is 5.08. The smallest absolute Gasteiger partial charge is 0.235 e. The first kappa shape index (κ1) is 20.6. The van der Waals surface area contributed by atoms with Gasteiger partial charge in [-0.2, -0.15) is 0 Å². The highest BCUT2D eigenvalue weighted by Gasteiger charge is 2.27. The Bertz CT molecular complexity index is 1210. The molecule has 32 heavy (non-hydrogen) atoms. The lowest BCUT2D eigenvalue weighted by Crippen LogP contribution is -2.50. The van der Waals surface area contributed by atoms with E-state index < -0.39 is 0 Å². The van der Waals surface area contributed by atoms with E-state index in [0.29, 0.717) is 11.6 Å². The largest absolute Gasteiger partial charge is 0.461 e. The number of para-hydroxylation sites is 2. The molecule has 1 aliphatic heterocycles. The van der Waals surface area contributed by atoms with E-state index in [4.69, 9.17) is 9.40 Å². The summed E-state index contributed by atoms with van der Waals surface area (Å²) in [5.41, 5.74) is 2.05. The number of hydrogen-bond donors (Lipinski definition) is 0. The van der Waals surface area contributed by atoms with Gasteiger partial charge in [-0.05, 0) is 37.3 Å². The first-order valence-electron chi connectivity index (χ1n) is 10.7. The summed E-state index contributed by atoms with van der Waals surface area (Å²) in [6.07, 6.45) is 1.61. The zero-order chi connectivity index (χ0) is 21.9. The molecule has 6 nitrogen and oxygen atoms in total. The summed E-state index contributed by atoms with van der Waals surface area (Å²) in [5, 5.41) is 1.49. The first-order valence-corrected chi connectivity index (χ1v) is 11.6. The summed E-state index contributed by atoms with van der Waals surface area (Å²) in [6, 6.07) is 21.9. The average Bonchev–Trinajstić information content (AvgIpc) is 3.39. The number of rotatable bonds is 5. The molecule has 7 heteroatoms. The number of carbonyl (C=O) groups is 1. The summed E-state index contributed by atoms with van der Waals surface area (Å²) in [4.78, 5) is 26.9. The predicted molar refractivity (Wildman–Crippen MR) is 128 cm³/mol. The molecule has 3 heterocycles. The second kappa shape index (κ2) is 9.04. The Kier molecular flexibility index (Phi) is 5.81. The number of furan rings is 1. The molecule has 5 rings (SSSR count). The van der Waals surface area contributed by atoms with Crippen LogP contribution in [0.1, 0.15) is 6.92 Å². The fourth-order valence-electron chi connectivity index (χ4n) is 3.95. The molecule has 4 aromatic rings. The van der Waals surface area contributed by atoms with E-state index in [0.717, 1.165) is 42.1 Å². The zero-order valence-corrected chi connectivity index (χ0v) is 18.7. The molecule has 0 radical (unpaired) electrons. The van der Waals surface area contributed by atoms with E-state index in [1.807, 2.05) is 54.3 Å². The molecule has 0 saturated carbocycles. The van der Waals surface area contributed by atoms with Crippen LogP contribution in [-0.2, 0) is 4.79 Å². The molecule has 0 aliphatic carbocycles. The highest BCUT2D eigenvalue weighted by Crippen LogP contribution is 2.32. The van der Waals surface area contributed by atoms with E-state index in [1.165, 1.54) is 17.4 Å². The second-order valence-electron chi connectivity index (χ2n) is 7.75. The molecule has 0 spiro atoms. The van der Waals surface area contributed by atoms with E-state index in [9.17, 15) is 4.79 Å². The van der Waals surface area contributed by atoms with E-state index in [2.05, 4.69) is 34.1 Å². The van der Waals surface area contributed by atoms with Crippen LogP contribution in [0.15, 0.2) is 82.4 Å². The normalized spacial score (nSPS) is 15.2. The maximum atomic E-state index is 13.2. The average molecular weight is 445 g/mol. The lowest BCUT2D eigenvalue weighted by Gasteiger charge is -2.37. The molecule has 0 bridgehead atoms. The van der Waals surface area contributed by atoms with Gasteiger partial charge in [-0.15, -0.1) is 0 Å². The Labute approximate surface area is 191 Å². The molecule has 1 unspecified atom stereocenters. The van der Waals surface area contributed by atoms with Crippen molar-refractivity contribution >= 4 is 34.3 Å². The van der Waals surface area contributed by atoms with Crippen molar-refractivity contribution < 1.29 is 9.21 Å². The maximum Gasteiger partial charge on any atom is 0.235 e. The van der Waals surface area contributed by atoms with Gasteiger partial charge in [0, 0.05) is 37.3 Å². The SMILES string of the molecule is CC(Sc1nc(-c2ccco2)nc2ccccc12)C(=O)N1CCN(c2ccccc2)CC1. The minimum Gasteiger partial charge on any atom is -0.461 e. The summed E-state index contributed by atoms with van der Waals surface area (Å²) in [7, 11) is 0. The number of anilines is 1. The maximum absolute atomic E-state index is 13.2. The number of hydrogen-bond acceptors (Lipinski definition) is 6. The quantitative estimate of drug-likeness (QED) is 0.328. The molecule has 1 amide bonds. The summed E-state index contributed by atoms with van der Waals surface area (Å²) < 4.78 is 5.50. The van der Waals surface area contributed by atoms with Crippen LogP contribution in [0.4, 0.5) is 5.69 Å². The van der Waals surface area contributed by atoms with Crippen LogP contribution in [0.25, 0.3) is 22.5 Å². The van der Waals surface area contributed by atoms with Crippen molar-refractivity contribution in [1.29, 1.82) is 0 Å². The molecule has 162 valence electrons. The third-order valence-electron chi connectivity index (χ3n) is 5.66. The van der Waals surface area contributed by atoms with Gasteiger partial charge in [0.1, 0.15) is 5.03 Å². The van der Waals surface area contributed by atoms with E-state index in [-0.39, 0.29) is 11.2 Å². The van der Waals surface area contributed by atoms with Gasteiger partial charge in [-0.1, -0.05) is 48.2 Å². The van der Waals surface area contributed by atoms with Crippen molar-refractivity contribution in [3.8, 4) is 11.6 Å². The van der Waals surface area contributed by atoms with Crippen LogP contribution in [0.5, 0.6) is 0 Å². The third-order valence-corrected chi connectivity index (χ3v) is 6.75. The minimum atomic E-state index is -0.249. The van der Waals surface area contributed by atoms with Crippen LogP contribution >= 0.6 is 11.8 Å². The van der Waals surface area contributed by atoms with Crippen molar-refractivity contribution in [3.63, 3.8) is 0 Å². The number of fused-ring (bicyclic) bond motifs is 1. The number of nitrogens with zero attached hydrogens (tertiary/aromatic N) is 4. The number of piperazine rings is 1. The Hall–Kier alpha value is -3.32. The number of thioether (sulfide) groups is 1. The van der Waals surface area contributed by atoms with Crippen LogP contribution < -0.4 is 4.90 Å². The van der Waals surface area contributed by atoms with Crippen molar-refractivity contribution in [2.45, 2.75) is 17.2 Å². The van der Waals surface area contributed by atoms with Gasteiger partial charge in [-0.3, -0.25) is 4.79 Å². The first-order chi connectivity index (χ1) is 15.7. The molecular weight excluding hydrogens is 420 g/mol. The second-order valence-corrected chi connectivity index (χ2v) is 9.08. The van der Waals surface area contributed by atoms with Crippen molar-refractivity contribution in [2.24, 2.45) is 0 Å². The van der Waals surface area contributed by atoms with Gasteiger partial charge in [0.2, 0.25) is 5.91 Å². The van der Waals surface area contributed by atoms with Gasteiger partial charge in [0.25, 0.3) is 0 Å². The van der Waals surface area contributed by atoms with Crippen molar-refractivity contribution in [1.82, 2.24) is 14.9 Å². The fourth-order valence-corrected chi connectivity index (χ4v) is 4.98. The standard InChI is InChI=1S/C25H24N4O2S/c1-18(25(30)29-15-13-28(14-16-29)19-8-3-2-4-9-19)32-24-20-10-5-6-11-21(20)26-23(27-24)22-12-7-17-31-22/h2-12,17-18H,13-16H2,1H3. The summed E-state index contributed by atoms with van der Waals surface area (Å²) in [5.74, 6) is 1.30. The van der Waals surface area contributed by atoms with Gasteiger partial charge in [-0.25, -0.2) is 9.97 Å². The van der Waals surface area contributed by atoms with Gasteiger partial charge in [0.05, 0.1) is 17.0 Å². The topological polar surface area (TPSA) is 62.5 Å². The Morgan fingerprint density at radius 2 is 1.69 bits per heavy atom. The highest BCUT2D eigenvalue weighted by atomic mass is 32.2. The minimum absolute atomic E-state index is 0.143. The van der Waals surface area contributed by atoms with Gasteiger partial charge < -0.3 is 14.2 Å². The zero-order valence-electron chi connectivity index (χ0n) is 17.8. The van der Waals surface area contributed by atoms with Crippen LogP contribution in [0.2, 0.25) is 0 Å². The Morgan fingerprint density at radius 1 is 0.938 bits per heavy atom. The van der Waals surface area contributed by atoms with Crippen LogP contribution in [0.3, 0.4) is 0 Å². The Balaban J connectivity index is 1.31. The molecular formula is C25H24N4O2S.